The summed E-state index contributed by atoms with van der Waals surface area (Å²) in [5, 5.41) is 11.1. The van der Waals surface area contributed by atoms with Gasteiger partial charge in [0.15, 0.2) is 23.0 Å². The topological polar surface area (TPSA) is 134 Å². The predicted octanol–water partition coefficient (Wildman–Crippen LogP) is 3.38. The lowest BCUT2D eigenvalue weighted by atomic mass is 10.0. The number of rotatable bonds is 9. The van der Waals surface area contributed by atoms with Crippen LogP contribution in [0.5, 0.6) is 34.5 Å². The van der Waals surface area contributed by atoms with Gasteiger partial charge in [-0.1, -0.05) is 0 Å². The van der Waals surface area contributed by atoms with Gasteiger partial charge >= 0.3 is 7.60 Å². The van der Waals surface area contributed by atoms with E-state index in [1.165, 1.54) is 41.6 Å². The molecule has 11 nitrogen and oxygen atoms in total. The quantitative estimate of drug-likeness (QED) is 0.453. The molecule has 32 heavy (non-hydrogen) atoms. The van der Waals surface area contributed by atoms with Crippen LogP contribution in [0.15, 0.2) is 24.3 Å². The van der Waals surface area contributed by atoms with Crippen LogP contribution >= 0.6 is 7.60 Å². The van der Waals surface area contributed by atoms with E-state index in [2.05, 4.69) is 15.4 Å². The lowest BCUT2D eigenvalue weighted by molar-refractivity contribution is 0.324. The normalized spacial score (nSPS) is 12.6. The van der Waals surface area contributed by atoms with E-state index >= 15 is 0 Å². The maximum Gasteiger partial charge on any atom is 0.373 e. The van der Waals surface area contributed by atoms with Gasteiger partial charge in [-0.2, -0.15) is 15.4 Å². The highest BCUT2D eigenvalue weighted by Crippen LogP contribution is 2.49. The number of ether oxygens (including phenoxy) is 5. The van der Waals surface area contributed by atoms with E-state index in [0.29, 0.717) is 39.8 Å². The lowest BCUT2D eigenvalue weighted by Gasteiger charge is -2.17. The zero-order chi connectivity index (χ0) is 23.5. The van der Waals surface area contributed by atoms with Crippen molar-refractivity contribution in [2.75, 3.05) is 42.2 Å². The van der Waals surface area contributed by atoms with E-state index in [4.69, 9.17) is 28.2 Å². The highest BCUT2D eigenvalue weighted by atomic mass is 31.2. The number of nitrogens with one attached hydrogen (secondary N) is 1. The average molecular weight is 465 g/mol. The van der Waals surface area contributed by atoms with Crippen LogP contribution in [0.2, 0.25) is 0 Å². The molecule has 1 aromatic heterocycles. The molecule has 0 aliphatic heterocycles. The van der Waals surface area contributed by atoms with Gasteiger partial charge in [0.05, 0.1) is 35.5 Å². The highest BCUT2D eigenvalue weighted by molar-refractivity contribution is 7.52. The molecule has 172 valence electrons. The summed E-state index contributed by atoms with van der Waals surface area (Å²) in [7, 11) is 3.51. The Kier molecular flexibility index (Phi) is 6.81. The minimum Gasteiger partial charge on any atom is -0.493 e. The molecule has 2 N–H and O–H groups in total. The van der Waals surface area contributed by atoms with E-state index < -0.39 is 7.60 Å². The molecule has 0 bridgehead atoms. The second-order valence-corrected chi connectivity index (χ2v) is 8.33. The zero-order valence-corrected chi connectivity index (χ0v) is 19.4. The van der Waals surface area contributed by atoms with Crippen molar-refractivity contribution in [2.24, 2.45) is 0 Å². The Morgan fingerprint density at radius 2 is 1.09 bits per heavy atom. The first kappa shape index (κ1) is 23.2. The highest BCUT2D eigenvalue weighted by Gasteiger charge is 2.24. The Bertz CT molecular complexity index is 1130. The summed E-state index contributed by atoms with van der Waals surface area (Å²) >= 11 is 0. The molecule has 0 saturated carbocycles. The van der Waals surface area contributed by atoms with Gasteiger partial charge in [-0.15, -0.1) is 0 Å². The average Bonchev–Trinajstić information content (AvgIpc) is 3.26. The Morgan fingerprint density at radius 3 is 1.44 bits per heavy atom. The summed E-state index contributed by atoms with van der Waals surface area (Å²) < 4.78 is 44.1. The van der Waals surface area contributed by atoms with Crippen LogP contribution in [0, 0.1) is 0 Å². The Labute approximate surface area is 184 Å². The molecule has 3 rings (SSSR count). The fourth-order valence-corrected chi connectivity index (χ4v) is 3.67. The minimum atomic E-state index is -3.88. The summed E-state index contributed by atoms with van der Waals surface area (Å²) in [6.07, 6.45) is 0. The molecule has 0 radical (unpaired) electrons. The third-order valence-electron chi connectivity index (χ3n) is 4.47. The van der Waals surface area contributed by atoms with E-state index in [1.54, 1.807) is 18.2 Å². The SMILES string of the molecule is COc1cc(-c2n[nH]nc2-c2cc(OC)c(OC)c(OP(C)(=O)O)c2)cc(OC)c1OC. The monoisotopic (exact) mass is 465 g/mol. The molecule has 1 unspecified atom stereocenters. The van der Waals surface area contributed by atoms with Gasteiger partial charge in [-0.05, 0) is 24.3 Å². The van der Waals surface area contributed by atoms with E-state index in [1.807, 2.05) is 0 Å². The first-order valence-corrected chi connectivity index (χ1v) is 11.3. The molecule has 2 aromatic carbocycles. The van der Waals surface area contributed by atoms with Crippen LogP contribution in [0.1, 0.15) is 0 Å². The number of benzene rings is 2. The van der Waals surface area contributed by atoms with Crippen molar-refractivity contribution < 1.29 is 37.7 Å². The van der Waals surface area contributed by atoms with Gasteiger partial charge in [0.2, 0.25) is 11.5 Å². The fraction of sp³-hybridized carbons (Fsp3) is 0.300. The van der Waals surface area contributed by atoms with Gasteiger partial charge in [0, 0.05) is 17.8 Å². The van der Waals surface area contributed by atoms with Crippen molar-refractivity contribution in [2.45, 2.75) is 0 Å². The molecule has 12 heteroatoms. The molecule has 0 amide bonds. The van der Waals surface area contributed by atoms with Gasteiger partial charge in [-0.25, -0.2) is 4.57 Å². The summed E-state index contributed by atoms with van der Waals surface area (Å²) in [5.41, 5.74) is 2.02. The van der Waals surface area contributed by atoms with Crippen molar-refractivity contribution in [1.29, 1.82) is 0 Å². The van der Waals surface area contributed by atoms with Crippen LogP contribution in [0.3, 0.4) is 0 Å². The minimum absolute atomic E-state index is 0.0222. The molecule has 1 atom stereocenters. The number of hydrogen-bond donors (Lipinski definition) is 2. The molecule has 0 fully saturated rings. The second kappa shape index (κ2) is 9.37. The molecular weight excluding hydrogens is 441 g/mol. The van der Waals surface area contributed by atoms with Crippen molar-refractivity contribution >= 4 is 7.60 Å². The van der Waals surface area contributed by atoms with Crippen molar-refractivity contribution in [1.82, 2.24) is 15.4 Å². The molecule has 3 aromatic rings. The number of aromatic nitrogens is 3. The maximum absolute atomic E-state index is 11.9. The third kappa shape index (κ3) is 4.58. The Morgan fingerprint density at radius 1 is 0.719 bits per heavy atom. The molecular formula is C20H24N3O8P. The first-order valence-electron chi connectivity index (χ1n) is 9.23. The molecule has 0 aliphatic carbocycles. The lowest BCUT2D eigenvalue weighted by Crippen LogP contribution is -1.98. The summed E-state index contributed by atoms with van der Waals surface area (Å²) in [6, 6.07) is 6.64. The van der Waals surface area contributed by atoms with Crippen LogP contribution < -0.4 is 28.2 Å². The molecule has 0 saturated heterocycles. The largest absolute Gasteiger partial charge is 0.493 e. The van der Waals surface area contributed by atoms with Gasteiger partial charge in [0.25, 0.3) is 0 Å². The summed E-state index contributed by atoms with van der Waals surface area (Å²) in [5.74, 6) is 1.80. The van der Waals surface area contributed by atoms with E-state index in [9.17, 15) is 9.46 Å². The van der Waals surface area contributed by atoms with Crippen LogP contribution in [0.25, 0.3) is 22.5 Å². The summed E-state index contributed by atoms with van der Waals surface area (Å²) in [4.78, 5) is 9.74. The first-order chi connectivity index (χ1) is 15.3. The van der Waals surface area contributed by atoms with E-state index in [0.717, 1.165) is 6.66 Å². The van der Waals surface area contributed by atoms with Crippen LogP contribution in [0.4, 0.5) is 0 Å². The Balaban J connectivity index is 2.20. The fourth-order valence-electron chi connectivity index (χ4n) is 3.17. The van der Waals surface area contributed by atoms with Crippen LogP contribution in [-0.2, 0) is 4.57 Å². The van der Waals surface area contributed by atoms with E-state index in [-0.39, 0.29) is 17.2 Å². The predicted molar refractivity (Wildman–Crippen MR) is 116 cm³/mol. The van der Waals surface area contributed by atoms with Gasteiger partial charge < -0.3 is 33.1 Å². The number of aromatic amines is 1. The second-order valence-electron chi connectivity index (χ2n) is 6.54. The van der Waals surface area contributed by atoms with Gasteiger partial charge in [-0.3, -0.25) is 0 Å². The van der Waals surface area contributed by atoms with Crippen molar-refractivity contribution in [3.8, 4) is 57.0 Å². The molecule has 0 aliphatic rings. The van der Waals surface area contributed by atoms with Gasteiger partial charge in [0.1, 0.15) is 11.4 Å². The maximum atomic E-state index is 11.9. The molecule has 0 spiro atoms. The zero-order valence-electron chi connectivity index (χ0n) is 18.5. The number of hydrogen-bond acceptors (Lipinski definition) is 9. The number of methoxy groups -OCH3 is 5. The van der Waals surface area contributed by atoms with Crippen molar-refractivity contribution in [3.05, 3.63) is 24.3 Å². The summed E-state index contributed by atoms with van der Waals surface area (Å²) in [6.45, 7) is 1.07. The number of nitrogens with zero attached hydrogens (tertiary/aromatic N) is 2. The van der Waals surface area contributed by atoms with Crippen molar-refractivity contribution in [3.63, 3.8) is 0 Å². The Hall–Kier alpha value is -3.43. The molecule has 1 heterocycles. The third-order valence-corrected chi connectivity index (χ3v) is 5.01. The van der Waals surface area contributed by atoms with Crippen LogP contribution in [-0.4, -0.2) is 62.5 Å². The standard InChI is InChI=1S/C20H24N3O8P/c1-26-13-7-11(8-14(27-2)19(13)29-4)17-18(22-23-21-17)12-9-15(28-3)20(30-5)16(10-12)31-32(6,24)25/h7-10H,1-6H3,(H,24,25)(H,21,22,23). The number of H-pyrrole nitrogens is 1. The smallest absolute Gasteiger partial charge is 0.373 e.